The Labute approximate surface area is 101 Å². The second-order valence-corrected chi connectivity index (χ2v) is 6.31. The van der Waals surface area contributed by atoms with Gasteiger partial charge in [-0.05, 0) is 40.9 Å². The highest BCUT2D eigenvalue weighted by molar-refractivity contribution is 9.11. The number of rotatable bonds is 1. The van der Waals surface area contributed by atoms with E-state index in [1.165, 1.54) is 10.4 Å². The zero-order chi connectivity index (χ0) is 11.0. The van der Waals surface area contributed by atoms with Crippen molar-refractivity contribution in [1.82, 2.24) is 4.90 Å². The molecule has 0 aliphatic carbocycles. The van der Waals surface area contributed by atoms with Crippen LogP contribution >= 0.6 is 27.3 Å². The predicted molar refractivity (Wildman–Crippen MR) is 64.8 cm³/mol. The van der Waals surface area contributed by atoms with Crippen molar-refractivity contribution >= 4 is 33.2 Å². The number of nitrogens with zero attached hydrogens (tertiary/aromatic N) is 1. The molecule has 1 unspecified atom stereocenters. The summed E-state index contributed by atoms with van der Waals surface area (Å²) in [6, 6.07) is 1.70. The molecule has 82 valence electrons. The fourth-order valence-corrected chi connectivity index (χ4v) is 3.52. The minimum atomic E-state index is -0.395. The van der Waals surface area contributed by atoms with Crippen LogP contribution in [0.4, 0.5) is 0 Å². The van der Waals surface area contributed by atoms with E-state index in [1.54, 1.807) is 18.3 Å². The first-order chi connectivity index (χ1) is 7.08. The van der Waals surface area contributed by atoms with Gasteiger partial charge in [-0.1, -0.05) is 0 Å². The first-order valence-electron chi connectivity index (χ1n) is 4.89. The van der Waals surface area contributed by atoms with Crippen molar-refractivity contribution < 1.29 is 4.79 Å². The summed E-state index contributed by atoms with van der Waals surface area (Å²) in [5.74, 6) is 0.0444. The summed E-state index contributed by atoms with van der Waals surface area (Å²) in [7, 11) is 0. The summed E-state index contributed by atoms with van der Waals surface area (Å²) >= 11 is 5.23. The smallest absolute Gasteiger partial charge is 0.239 e. The van der Waals surface area contributed by atoms with Crippen molar-refractivity contribution in [2.45, 2.75) is 25.9 Å². The minimum Gasteiger partial charge on any atom is -0.337 e. The third-order valence-electron chi connectivity index (χ3n) is 2.54. The molecule has 0 radical (unpaired) electrons. The Morgan fingerprint density at radius 3 is 3.13 bits per heavy atom. The average molecular weight is 289 g/mol. The molecule has 15 heavy (non-hydrogen) atoms. The fourth-order valence-electron chi connectivity index (χ4n) is 1.77. The number of thiophene rings is 1. The van der Waals surface area contributed by atoms with E-state index < -0.39 is 6.04 Å². The quantitative estimate of drug-likeness (QED) is 0.856. The molecule has 0 fully saturated rings. The van der Waals surface area contributed by atoms with Gasteiger partial charge in [0.05, 0.1) is 9.83 Å². The highest BCUT2D eigenvalue weighted by Crippen LogP contribution is 2.31. The topological polar surface area (TPSA) is 46.3 Å². The van der Waals surface area contributed by atoms with Crippen LogP contribution in [0, 0.1) is 0 Å². The monoisotopic (exact) mass is 288 g/mol. The van der Waals surface area contributed by atoms with E-state index in [-0.39, 0.29) is 5.91 Å². The van der Waals surface area contributed by atoms with Gasteiger partial charge in [-0.3, -0.25) is 4.79 Å². The Kier molecular flexibility index (Phi) is 3.13. The van der Waals surface area contributed by atoms with E-state index in [1.807, 2.05) is 4.90 Å². The standard InChI is InChI=1S/C10H13BrN2OS/c1-6(12)10(14)13-3-2-8-7(5-13)4-9(11)15-8/h4,6H,2-3,5,12H2,1H3. The third kappa shape index (κ3) is 2.24. The summed E-state index contributed by atoms with van der Waals surface area (Å²) < 4.78 is 1.14. The van der Waals surface area contributed by atoms with Crippen molar-refractivity contribution in [1.29, 1.82) is 0 Å². The van der Waals surface area contributed by atoms with Gasteiger partial charge in [0.25, 0.3) is 0 Å². The van der Waals surface area contributed by atoms with Gasteiger partial charge < -0.3 is 10.6 Å². The van der Waals surface area contributed by atoms with E-state index in [0.717, 1.165) is 16.8 Å². The van der Waals surface area contributed by atoms with Gasteiger partial charge in [0.15, 0.2) is 0 Å². The minimum absolute atomic E-state index is 0.0444. The van der Waals surface area contributed by atoms with Gasteiger partial charge in [0, 0.05) is 18.0 Å². The number of nitrogens with two attached hydrogens (primary N) is 1. The molecule has 1 aliphatic heterocycles. The van der Waals surface area contributed by atoms with E-state index in [2.05, 4.69) is 22.0 Å². The predicted octanol–water partition coefficient (Wildman–Crippen LogP) is 1.74. The Balaban J connectivity index is 2.15. The van der Waals surface area contributed by atoms with E-state index in [4.69, 9.17) is 5.73 Å². The Morgan fingerprint density at radius 2 is 2.47 bits per heavy atom. The number of amides is 1. The van der Waals surface area contributed by atoms with Crippen molar-refractivity contribution in [3.8, 4) is 0 Å². The van der Waals surface area contributed by atoms with Crippen LogP contribution in [-0.2, 0) is 17.8 Å². The largest absolute Gasteiger partial charge is 0.337 e. The molecule has 0 saturated heterocycles. The first kappa shape index (κ1) is 11.1. The molecule has 1 aromatic rings. The van der Waals surface area contributed by atoms with Gasteiger partial charge in [0.1, 0.15) is 0 Å². The molecule has 2 N–H and O–H groups in total. The summed E-state index contributed by atoms with van der Waals surface area (Å²) in [5.41, 5.74) is 6.85. The molecule has 2 rings (SSSR count). The van der Waals surface area contributed by atoms with Crippen molar-refractivity contribution in [2.75, 3.05) is 6.54 Å². The Bertz CT molecular complexity index is 389. The van der Waals surface area contributed by atoms with Crippen LogP contribution in [0.2, 0.25) is 0 Å². The maximum Gasteiger partial charge on any atom is 0.239 e. The van der Waals surface area contributed by atoms with Crippen LogP contribution in [0.3, 0.4) is 0 Å². The average Bonchev–Trinajstić information content (AvgIpc) is 2.55. The molecule has 0 spiro atoms. The Hall–Kier alpha value is -0.390. The highest BCUT2D eigenvalue weighted by atomic mass is 79.9. The van der Waals surface area contributed by atoms with Gasteiger partial charge in [-0.25, -0.2) is 0 Å². The SMILES string of the molecule is CC(N)C(=O)N1CCc2sc(Br)cc2C1. The van der Waals surface area contributed by atoms with Crippen molar-refractivity contribution in [2.24, 2.45) is 5.73 Å². The molecular formula is C10H13BrN2OS. The van der Waals surface area contributed by atoms with E-state index in [0.29, 0.717) is 6.54 Å². The molecule has 5 heteroatoms. The lowest BCUT2D eigenvalue weighted by molar-refractivity contribution is -0.133. The number of hydrogen-bond acceptors (Lipinski definition) is 3. The number of halogens is 1. The maximum absolute atomic E-state index is 11.7. The summed E-state index contributed by atoms with van der Waals surface area (Å²) in [5, 5.41) is 0. The normalized spacial score (nSPS) is 17.4. The Morgan fingerprint density at radius 1 is 1.73 bits per heavy atom. The van der Waals surface area contributed by atoms with Crippen LogP contribution in [0.1, 0.15) is 17.4 Å². The zero-order valence-corrected chi connectivity index (χ0v) is 10.9. The van der Waals surface area contributed by atoms with Crippen LogP contribution in [0.5, 0.6) is 0 Å². The summed E-state index contributed by atoms with van der Waals surface area (Å²) in [4.78, 5) is 14.9. The molecule has 1 aromatic heterocycles. The molecular weight excluding hydrogens is 276 g/mol. The second-order valence-electron chi connectivity index (χ2n) is 3.80. The lowest BCUT2D eigenvalue weighted by Gasteiger charge is -2.28. The van der Waals surface area contributed by atoms with E-state index in [9.17, 15) is 4.79 Å². The molecule has 2 heterocycles. The van der Waals surface area contributed by atoms with Crippen LogP contribution < -0.4 is 5.73 Å². The first-order valence-corrected chi connectivity index (χ1v) is 6.50. The molecule has 0 bridgehead atoms. The molecule has 3 nitrogen and oxygen atoms in total. The molecule has 1 aliphatic rings. The van der Waals surface area contributed by atoms with Crippen molar-refractivity contribution in [3.63, 3.8) is 0 Å². The van der Waals surface area contributed by atoms with Gasteiger partial charge in [0.2, 0.25) is 5.91 Å². The lowest BCUT2D eigenvalue weighted by Crippen LogP contribution is -2.44. The number of fused-ring (bicyclic) bond motifs is 1. The summed E-state index contributed by atoms with van der Waals surface area (Å²) in [6.45, 7) is 3.24. The molecule has 1 amide bonds. The second kappa shape index (κ2) is 4.23. The lowest BCUT2D eigenvalue weighted by atomic mass is 10.1. The number of hydrogen-bond donors (Lipinski definition) is 1. The van der Waals surface area contributed by atoms with Crippen molar-refractivity contribution in [3.05, 3.63) is 20.3 Å². The molecule has 0 aromatic carbocycles. The maximum atomic E-state index is 11.7. The zero-order valence-electron chi connectivity index (χ0n) is 8.50. The fraction of sp³-hybridized carbons (Fsp3) is 0.500. The van der Waals surface area contributed by atoms with Crippen LogP contribution in [0.25, 0.3) is 0 Å². The molecule has 0 saturated carbocycles. The van der Waals surface area contributed by atoms with Gasteiger partial charge >= 0.3 is 0 Å². The van der Waals surface area contributed by atoms with E-state index >= 15 is 0 Å². The number of carbonyl (C=O) groups is 1. The summed E-state index contributed by atoms with van der Waals surface area (Å²) in [6.07, 6.45) is 0.948. The van der Waals surface area contributed by atoms with Gasteiger partial charge in [-0.2, -0.15) is 0 Å². The molecule has 1 atom stereocenters. The van der Waals surface area contributed by atoms with Gasteiger partial charge in [-0.15, -0.1) is 11.3 Å². The van der Waals surface area contributed by atoms with Crippen LogP contribution in [-0.4, -0.2) is 23.4 Å². The third-order valence-corrected chi connectivity index (χ3v) is 4.28. The van der Waals surface area contributed by atoms with Crippen LogP contribution in [0.15, 0.2) is 9.85 Å². The number of carbonyl (C=O) groups excluding carboxylic acids is 1. The highest BCUT2D eigenvalue weighted by Gasteiger charge is 2.24.